The molecule has 1 heterocycles. The van der Waals surface area contributed by atoms with Gasteiger partial charge >= 0.3 is 0 Å². The van der Waals surface area contributed by atoms with Gasteiger partial charge < -0.3 is 5.73 Å². The zero-order valence-corrected chi connectivity index (χ0v) is 9.07. The largest absolute Gasteiger partial charge is 0.323 e. The number of thioether (sulfide) groups is 1. The lowest BCUT2D eigenvalue weighted by Crippen LogP contribution is -2.22. The molecule has 1 aliphatic heterocycles. The van der Waals surface area contributed by atoms with Crippen LogP contribution in [0.25, 0.3) is 0 Å². The number of benzene rings is 1. The van der Waals surface area contributed by atoms with Crippen LogP contribution in [0.15, 0.2) is 18.2 Å². The van der Waals surface area contributed by atoms with E-state index in [0.29, 0.717) is 5.56 Å². The predicted molar refractivity (Wildman–Crippen MR) is 58.8 cm³/mol. The van der Waals surface area contributed by atoms with Gasteiger partial charge in [-0.25, -0.2) is 8.78 Å². The third-order valence-corrected chi connectivity index (χ3v) is 4.16. The summed E-state index contributed by atoms with van der Waals surface area (Å²) in [5.41, 5.74) is 6.24. The Hall–Kier alpha value is -0.610. The fourth-order valence-electron chi connectivity index (χ4n) is 1.86. The van der Waals surface area contributed by atoms with Gasteiger partial charge in [-0.1, -0.05) is 0 Å². The van der Waals surface area contributed by atoms with E-state index in [-0.39, 0.29) is 5.25 Å². The highest BCUT2D eigenvalue weighted by Gasteiger charge is 2.26. The topological polar surface area (TPSA) is 26.0 Å². The molecule has 2 rings (SSSR count). The van der Waals surface area contributed by atoms with Gasteiger partial charge in [0.15, 0.2) is 0 Å². The van der Waals surface area contributed by atoms with Gasteiger partial charge in [0.1, 0.15) is 11.6 Å². The first kappa shape index (κ1) is 10.9. The molecule has 0 aromatic heterocycles. The Bertz CT molecular complexity index is 350. The average Bonchev–Trinajstić information content (AvgIpc) is 2.74. The number of nitrogens with two attached hydrogens (primary N) is 1. The van der Waals surface area contributed by atoms with Crippen LogP contribution in [0.2, 0.25) is 0 Å². The van der Waals surface area contributed by atoms with E-state index in [0.717, 1.165) is 30.7 Å². The van der Waals surface area contributed by atoms with Crippen molar-refractivity contribution in [3.8, 4) is 0 Å². The van der Waals surface area contributed by atoms with Gasteiger partial charge in [0.05, 0.1) is 0 Å². The first-order chi connectivity index (χ1) is 7.18. The van der Waals surface area contributed by atoms with Crippen LogP contribution in [0.1, 0.15) is 24.4 Å². The highest BCUT2D eigenvalue weighted by molar-refractivity contribution is 8.00. The minimum atomic E-state index is -0.426. The second-order valence-electron chi connectivity index (χ2n) is 3.74. The molecule has 1 nitrogen and oxygen atoms in total. The summed E-state index contributed by atoms with van der Waals surface area (Å²) in [7, 11) is 0. The fraction of sp³-hybridized carbons (Fsp3) is 0.455. The van der Waals surface area contributed by atoms with E-state index >= 15 is 0 Å². The summed E-state index contributed by atoms with van der Waals surface area (Å²) in [6.45, 7) is 0. The van der Waals surface area contributed by atoms with Crippen LogP contribution < -0.4 is 5.73 Å². The van der Waals surface area contributed by atoms with Crippen LogP contribution in [0, 0.1) is 11.6 Å². The maximum absolute atomic E-state index is 13.4. The molecule has 2 N–H and O–H groups in total. The second-order valence-corrected chi connectivity index (χ2v) is 5.09. The lowest BCUT2D eigenvalue weighted by Gasteiger charge is -2.19. The Balaban J connectivity index is 2.23. The van der Waals surface area contributed by atoms with E-state index in [9.17, 15) is 8.78 Å². The van der Waals surface area contributed by atoms with Crippen molar-refractivity contribution in [3.63, 3.8) is 0 Å². The fourth-order valence-corrected chi connectivity index (χ4v) is 3.18. The maximum atomic E-state index is 13.4. The number of hydrogen-bond donors (Lipinski definition) is 1. The predicted octanol–water partition coefficient (Wildman–Crippen LogP) is 2.86. The molecule has 1 saturated heterocycles. The van der Waals surface area contributed by atoms with Crippen molar-refractivity contribution in [1.82, 2.24) is 0 Å². The Kier molecular flexibility index (Phi) is 3.26. The van der Waals surface area contributed by atoms with Crippen LogP contribution in [-0.2, 0) is 0 Å². The molecule has 0 radical (unpaired) electrons. The number of halogens is 2. The lowest BCUT2D eigenvalue weighted by atomic mass is 10.0. The van der Waals surface area contributed by atoms with E-state index in [1.165, 1.54) is 6.07 Å². The Morgan fingerprint density at radius 3 is 2.87 bits per heavy atom. The smallest absolute Gasteiger partial charge is 0.128 e. The van der Waals surface area contributed by atoms with Crippen LogP contribution in [0.3, 0.4) is 0 Å². The van der Waals surface area contributed by atoms with Crippen molar-refractivity contribution in [2.24, 2.45) is 5.73 Å². The zero-order valence-electron chi connectivity index (χ0n) is 8.25. The number of rotatable bonds is 2. The molecule has 0 amide bonds. The van der Waals surface area contributed by atoms with Crippen molar-refractivity contribution in [3.05, 3.63) is 35.4 Å². The summed E-state index contributed by atoms with van der Waals surface area (Å²) in [6.07, 6.45) is 2.10. The molecule has 2 unspecified atom stereocenters. The Morgan fingerprint density at radius 1 is 1.40 bits per heavy atom. The summed E-state index contributed by atoms with van der Waals surface area (Å²) in [5.74, 6) is 0.233. The molecule has 2 atom stereocenters. The van der Waals surface area contributed by atoms with E-state index in [1.807, 2.05) is 0 Å². The van der Waals surface area contributed by atoms with Crippen molar-refractivity contribution in [1.29, 1.82) is 0 Å². The molecular weight excluding hydrogens is 216 g/mol. The molecule has 4 heteroatoms. The lowest BCUT2D eigenvalue weighted by molar-refractivity contribution is 0.549. The van der Waals surface area contributed by atoms with Crippen LogP contribution in [0.4, 0.5) is 8.78 Å². The number of hydrogen-bond acceptors (Lipinski definition) is 2. The maximum Gasteiger partial charge on any atom is 0.128 e. The van der Waals surface area contributed by atoms with Gasteiger partial charge in [-0.2, -0.15) is 11.8 Å². The Labute approximate surface area is 92.0 Å². The molecule has 0 aliphatic carbocycles. The van der Waals surface area contributed by atoms with Crippen molar-refractivity contribution >= 4 is 11.8 Å². The SMILES string of the molecule is NC(c1cc(F)ccc1F)C1CCCS1. The third kappa shape index (κ3) is 2.32. The normalized spacial score (nSPS) is 23.0. The molecule has 1 aromatic carbocycles. The van der Waals surface area contributed by atoms with Gasteiger partial charge in [0.25, 0.3) is 0 Å². The van der Waals surface area contributed by atoms with Crippen LogP contribution >= 0.6 is 11.8 Å². The van der Waals surface area contributed by atoms with Crippen LogP contribution in [0.5, 0.6) is 0 Å². The minimum Gasteiger partial charge on any atom is -0.323 e. The van der Waals surface area contributed by atoms with E-state index in [4.69, 9.17) is 5.73 Å². The summed E-state index contributed by atoms with van der Waals surface area (Å²) in [4.78, 5) is 0. The van der Waals surface area contributed by atoms with Gasteiger partial charge in [-0.15, -0.1) is 0 Å². The molecule has 0 saturated carbocycles. The summed E-state index contributed by atoms with van der Waals surface area (Å²) >= 11 is 1.75. The highest BCUT2D eigenvalue weighted by atomic mass is 32.2. The molecular formula is C11H13F2NS. The van der Waals surface area contributed by atoms with Crippen molar-refractivity contribution < 1.29 is 8.78 Å². The van der Waals surface area contributed by atoms with Crippen LogP contribution in [-0.4, -0.2) is 11.0 Å². The first-order valence-electron chi connectivity index (χ1n) is 5.00. The molecule has 0 bridgehead atoms. The third-order valence-electron chi connectivity index (χ3n) is 2.68. The Morgan fingerprint density at radius 2 is 2.20 bits per heavy atom. The molecule has 1 aromatic rings. The quantitative estimate of drug-likeness (QED) is 0.844. The monoisotopic (exact) mass is 229 g/mol. The summed E-state index contributed by atoms with van der Waals surface area (Å²) in [6, 6.07) is 3.07. The first-order valence-corrected chi connectivity index (χ1v) is 6.05. The zero-order chi connectivity index (χ0) is 10.8. The highest BCUT2D eigenvalue weighted by Crippen LogP contribution is 2.35. The molecule has 1 fully saturated rings. The molecule has 1 aliphatic rings. The van der Waals surface area contributed by atoms with Gasteiger partial charge in [0, 0.05) is 16.9 Å². The van der Waals surface area contributed by atoms with Gasteiger partial charge in [0.2, 0.25) is 0 Å². The van der Waals surface area contributed by atoms with Crippen molar-refractivity contribution in [2.45, 2.75) is 24.1 Å². The summed E-state index contributed by atoms with van der Waals surface area (Å²) < 4.78 is 26.4. The molecule has 82 valence electrons. The van der Waals surface area contributed by atoms with E-state index < -0.39 is 17.7 Å². The van der Waals surface area contributed by atoms with E-state index in [1.54, 1.807) is 11.8 Å². The van der Waals surface area contributed by atoms with E-state index in [2.05, 4.69) is 0 Å². The molecule has 15 heavy (non-hydrogen) atoms. The molecule has 0 spiro atoms. The van der Waals surface area contributed by atoms with Gasteiger partial charge in [-0.05, 0) is 36.8 Å². The van der Waals surface area contributed by atoms with Crippen molar-refractivity contribution in [2.75, 3.05) is 5.75 Å². The minimum absolute atomic E-state index is 0.223. The average molecular weight is 229 g/mol. The van der Waals surface area contributed by atoms with Gasteiger partial charge in [-0.3, -0.25) is 0 Å². The standard InChI is InChI=1S/C11H13F2NS/c12-7-3-4-9(13)8(6-7)11(14)10-2-1-5-15-10/h3-4,6,10-11H,1-2,5,14H2. The second kappa shape index (κ2) is 4.49. The summed E-state index contributed by atoms with van der Waals surface area (Å²) in [5, 5.41) is 0.223.